The van der Waals surface area contributed by atoms with Crippen LogP contribution in [0.1, 0.15) is 48.5 Å². The third-order valence-corrected chi connectivity index (χ3v) is 5.06. The zero-order valence-electron chi connectivity index (χ0n) is 13.5. The monoisotopic (exact) mass is 316 g/mol. The number of anilines is 1. The largest absolute Gasteiger partial charge is 0.396 e. The van der Waals surface area contributed by atoms with Gasteiger partial charge in [0.05, 0.1) is 0 Å². The van der Waals surface area contributed by atoms with Gasteiger partial charge in [0, 0.05) is 37.4 Å². The number of hydrogen-bond acceptors (Lipinski definition) is 3. The van der Waals surface area contributed by atoms with Crippen LogP contribution in [0.3, 0.4) is 0 Å². The van der Waals surface area contributed by atoms with E-state index in [1.54, 1.807) is 17.9 Å². The molecule has 0 aromatic heterocycles. The molecule has 0 radical (unpaired) electrons. The molecule has 5 heteroatoms. The third kappa shape index (κ3) is 3.39. The maximum absolute atomic E-state index is 12.4. The minimum Gasteiger partial charge on any atom is -0.396 e. The van der Waals surface area contributed by atoms with Gasteiger partial charge in [0.25, 0.3) is 5.91 Å². The molecule has 1 aliphatic carbocycles. The summed E-state index contributed by atoms with van der Waals surface area (Å²) in [4.78, 5) is 25.8. The molecule has 1 aromatic rings. The number of carbonyl (C=O) groups is 2. The van der Waals surface area contributed by atoms with E-state index in [1.165, 1.54) is 0 Å². The Labute approximate surface area is 136 Å². The molecule has 1 heterocycles. The van der Waals surface area contributed by atoms with E-state index in [0.29, 0.717) is 18.0 Å². The molecule has 124 valence electrons. The summed E-state index contributed by atoms with van der Waals surface area (Å²) < 4.78 is 0. The molecule has 1 aliphatic heterocycles. The van der Waals surface area contributed by atoms with Crippen LogP contribution < -0.4 is 10.2 Å². The summed E-state index contributed by atoms with van der Waals surface area (Å²) in [7, 11) is 0. The Balaban J connectivity index is 1.64. The number of benzene rings is 1. The van der Waals surface area contributed by atoms with E-state index < -0.39 is 0 Å². The number of aliphatic hydroxyl groups is 1. The van der Waals surface area contributed by atoms with Gasteiger partial charge in [0.2, 0.25) is 5.91 Å². The van der Waals surface area contributed by atoms with Gasteiger partial charge in [0.1, 0.15) is 0 Å². The lowest BCUT2D eigenvalue weighted by Crippen LogP contribution is -2.38. The highest BCUT2D eigenvalue weighted by Crippen LogP contribution is 2.29. The zero-order chi connectivity index (χ0) is 16.4. The first-order valence-corrected chi connectivity index (χ1v) is 8.41. The number of nitrogens with one attached hydrogen (secondary N) is 1. The van der Waals surface area contributed by atoms with Crippen molar-refractivity contribution in [1.29, 1.82) is 0 Å². The van der Waals surface area contributed by atoms with E-state index in [4.69, 9.17) is 0 Å². The number of amides is 2. The van der Waals surface area contributed by atoms with E-state index in [1.807, 2.05) is 12.1 Å². The zero-order valence-corrected chi connectivity index (χ0v) is 13.5. The fraction of sp³-hybridized carbons (Fsp3) is 0.556. The topological polar surface area (TPSA) is 69.6 Å². The molecular formula is C18H24N2O3. The lowest BCUT2D eigenvalue weighted by Gasteiger charge is -2.28. The first kappa shape index (κ1) is 16.0. The van der Waals surface area contributed by atoms with Gasteiger partial charge in [-0.05, 0) is 61.8 Å². The lowest BCUT2D eigenvalue weighted by molar-refractivity contribution is -0.116. The Bertz CT molecular complexity index is 606. The number of carbonyl (C=O) groups excluding carboxylic acids is 2. The van der Waals surface area contributed by atoms with E-state index in [9.17, 15) is 14.7 Å². The number of aliphatic hydroxyl groups excluding tert-OH is 1. The van der Waals surface area contributed by atoms with Gasteiger partial charge >= 0.3 is 0 Å². The molecule has 1 aromatic carbocycles. The van der Waals surface area contributed by atoms with Crippen LogP contribution >= 0.6 is 0 Å². The molecule has 1 saturated carbocycles. The molecule has 2 N–H and O–H groups in total. The first-order valence-electron chi connectivity index (χ1n) is 8.41. The molecule has 3 rings (SSSR count). The molecule has 0 unspecified atom stereocenters. The van der Waals surface area contributed by atoms with Crippen LogP contribution in [-0.4, -0.2) is 36.1 Å². The normalized spacial score (nSPS) is 23.5. The molecule has 5 nitrogen and oxygen atoms in total. The maximum atomic E-state index is 12.4. The van der Waals surface area contributed by atoms with E-state index in [-0.39, 0.29) is 24.5 Å². The molecule has 0 spiro atoms. The van der Waals surface area contributed by atoms with Crippen molar-refractivity contribution >= 4 is 17.5 Å². The molecule has 0 saturated heterocycles. The van der Waals surface area contributed by atoms with Crippen LogP contribution in [0.4, 0.5) is 5.69 Å². The summed E-state index contributed by atoms with van der Waals surface area (Å²) >= 11 is 0. The van der Waals surface area contributed by atoms with Crippen molar-refractivity contribution in [3.8, 4) is 0 Å². The summed E-state index contributed by atoms with van der Waals surface area (Å²) in [5, 5.41) is 12.3. The molecule has 0 bridgehead atoms. The average Bonchev–Trinajstić information content (AvgIpc) is 2.98. The van der Waals surface area contributed by atoms with Crippen LogP contribution in [0.25, 0.3) is 0 Å². The summed E-state index contributed by atoms with van der Waals surface area (Å²) in [5.41, 5.74) is 2.66. The highest BCUT2D eigenvalue weighted by Gasteiger charge is 2.25. The smallest absolute Gasteiger partial charge is 0.251 e. The predicted molar refractivity (Wildman–Crippen MR) is 88.5 cm³/mol. The molecular weight excluding hydrogens is 292 g/mol. The number of rotatable bonds is 3. The van der Waals surface area contributed by atoms with Crippen molar-refractivity contribution in [3.63, 3.8) is 0 Å². The van der Waals surface area contributed by atoms with E-state index in [0.717, 1.165) is 43.4 Å². The van der Waals surface area contributed by atoms with E-state index >= 15 is 0 Å². The third-order valence-electron chi connectivity index (χ3n) is 5.06. The SMILES string of the molecule is CC(=O)N1CCc2cc(C(=O)NC3CCC(CO)CC3)ccc21. The first-order chi connectivity index (χ1) is 11.1. The van der Waals surface area contributed by atoms with Crippen molar-refractivity contribution in [1.82, 2.24) is 5.32 Å². The second-order valence-electron chi connectivity index (χ2n) is 6.64. The van der Waals surface area contributed by atoms with Gasteiger partial charge in [-0.2, -0.15) is 0 Å². The lowest BCUT2D eigenvalue weighted by atomic mass is 9.86. The standard InChI is InChI=1S/C18H24N2O3/c1-12(22)20-9-8-14-10-15(4-7-17(14)20)18(23)19-16-5-2-13(11-21)3-6-16/h4,7,10,13,16,21H,2-3,5-6,8-9,11H2,1H3,(H,19,23). The van der Waals surface area contributed by atoms with Crippen LogP contribution in [-0.2, 0) is 11.2 Å². The van der Waals surface area contributed by atoms with Crippen molar-refractivity contribution in [3.05, 3.63) is 29.3 Å². The minimum atomic E-state index is -0.0403. The van der Waals surface area contributed by atoms with Crippen LogP contribution in [0.5, 0.6) is 0 Å². The van der Waals surface area contributed by atoms with E-state index in [2.05, 4.69) is 5.32 Å². The number of nitrogens with zero attached hydrogens (tertiary/aromatic N) is 1. The van der Waals surface area contributed by atoms with Crippen molar-refractivity contribution in [2.45, 2.75) is 45.1 Å². The Kier molecular flexibility index (Phi) is 4.66. The van der Waals surface area contributed by atoms with Gasteiger partial charge in [-0.3, -0.25) is 9.59 Å². The Morgan fingerprint density at radius 2 is 2.00 bits per heavy atom. The average molecular weight is 316 g/mol. The van der Waals surface area contributed by atoms with Crippen molar-refractivity contribution < 1.29 is 14.7 Å². The maximum Gasteiger partial charge on any atom is 0.251 e. The summed E-state index contributed by atoms with van der Waals surface area (Å²) in [6, 6.07) is 5.79. The van der Waals surface area contributed by atoms with Gasteiger partial charge in [-0.25, -0.2) is 0 Å². The predicted octanol–water partition coefficient (Wildman–Crippen LogP) is 1.88. The second kappa shape index (κ2) is 6.71. The fourth-order valence-corrected chi connectivity index (χ4v) is 3.63. The van der Waals surface area contributed by atoms with Gasteiger partial charge in [-0.15, -0.1) is 0 Å². The van der Waals surface area contributed by atoms with Gasteiger partial charge in [0.15, 0.2) is 0 Å². The molecule has 23 heavy (non-hydrogen) atoms. The molecule has 2 aliphatic rings. The Morgan fingerprint density at radius 1 is 1.26 bits per heavy atom. The molecule has 0 atom stereocenters. The van der Waals surface area contributed by atoms with Crippen molar-refractivity contribution in [2.24, 2.45) is 5.92 Å². The summed E-state index contributed by atoms with van der Waals surface area (Å²) in [6.07, 6.45) is 4.61. The second-order valence-corrected chi connectivity index (χ2v) is 6.64. The molecule has 1 fully saturated rings. The fourth-order valence-electron chi connectivity index (χ4n) is 3.63. The van der Waals surface area contributed by atoms with Crippen LogP contribution in [0.2, 0.25) is 0 Å². The minimum absolute atomic E-state index is 0.0403. The highest BCUT2D eigenvalue weighted by atomic mass is 16.3. The quantitative estimate of drug-likeness (QED) is 0.894. The van der Waals surface area contributed by atoms with Gasteiger partial charge in [-0.1, -0.05) is 0 Å². The van der Waals surface area contributed by atoms with Crippen LogP contribution in [0, 0.1) is 5.92 Å². The Morgan fingerprint density at radius 3 is 2.65 bits per heavy atom. The number of fused-ring (bicyclic) bond motifs is 1. The van der Waals surface area contributed by atoms with Gasteiger partial charge < -0.3 is 15.3 Å². The summed E-state index contributed by atoms with van der Waals surface area (Å²) in [5.74, 6) is 0.392. The summed E-state index contributed by atoms with van der Waals surface area (Å²) in [6.45, 7) is 2.51. The van der Waals surface area contributed by atoms with Crippen LogP contribution in [0.15, 0.2) is 18.2 Å². The Hall–Kier alpha value is -1.88. The molecule has 2 amide bonds. The van der Waals surface area contributed by atoms with Crippen molar-refractivity contribution in [2.75, 3.05) is 18.1 Å². The highest BCUT2D eigenvalue weighted by molar-refractivity contribution is 5.98. The number of hydrogen-bond donors (Lipinski definition) is 2.